The Morgan fingerprint density at radius 1 is 1.50 bits per heavy atom. The summed E-state index contributed by atoms with van der Waals surface area (Å²) in [6, 6.07) is 6.04. The predicted octanol–water partition coefficient (Wildman–Crippen LogP) is 2.22. The number of benzene rings is 1. The lowest BCUT2D eigenvalue weighted by Gasteiger charge is -2.07. The van der Waals surface area contributed by atoms with Crippen molar-refractivity contribution in [1.29, 1.82) is 5.26 Å². The molecule has 1 N–H and O–H groups in total. The Labute approximate surface area is 101 Å². The highest BCUT2D eigenvalue weighted by molar-refractivity contribution is 9.10. The Morgan fingerprint density at radius 3 is 2.56 bits per heavy atom. The monoisotopic (exact) mass is 281 g/mol. The molecule has 0 fully saturated rings. The molecule has 0 amide bonds. The summed E-state index contributed by atoms with van der Waals surface area (Å²) >= 11 is 3.08. The number of alkyl halides is 1. The summed E-state index contributed by atoms with van der Waals surface area (Å²) in [6.07, 6.45) is 0. The number of nitriles is 1. The van der Waals surface area contributed by atoms with Gasteiger partial charge in [0.05, 0.1) is 16.0 Å². The van der Waals surface area contributed by atoms with Crippen molar-refractivity contribution in [3.05, 3.63) is 34.9 Å². The Kier molecular flexibility index (Phi) is 3.80. The van der Waals surface area contributed by atoms with E-state index in [-0.39, 0.29) is 22.5 Å². The van der Waals surface area contributed by atoms with Crippen LogP contribution in [0, 0.1) is 11.3 Å². The van der Waals surface area contributed by atoms with E-state index in [0.717, 1.165) is 0 Å². The summed E-state index contributed by atoms with van der Waals surface area (Å²) in [4.78, 5) is 22.2. The molecule has 0 saturated carbocycles. The molecule has 0 aliphatic carbocycles. The van der Waals surface area contributed by atoms with Crippen molar-refractivity contribution in [2.24, 2.45) is 0 Å². The first-order valence-electron chi connectivity index (χ1n) is 4.43. The molecule has 1 rings (SSSR count). The fraction of sp³-hybridized carbons (Fsp3) is 0.182. The summed E-state index contributed by atoms with van der Waals surface area (Å²) in [5.74, 6) is -1.62. The second-order valence-electron chi connectivity index (χ2n) is 3.13. The van der Waals surface area contributed by atoms with Gasteiger partial charge in [-0.05, 0) is 13.0 Å². The SMILES string of the molecule is CC(Br)C(=O)c1cccc(C#N)c1C(=O)O. The number of hydrogen-bond acceptors (Lipinski definition) is 3. The van der Waals surface area contributed by atoms with Crippen molar-refractivity contribution in [2.45, 2.75) is 11.8 Å². The highest BCUT2D eigenvalue weighted by atomic mass is 79.9. The van der Waals surface area contributed by atoms with Gasteiger partial charge in [0.1, 0.15) is 6.07 Å². The third-order valence-electron chi connectivity index (χ3n) is 2.03. The molecule has 0 radical (unpaired) electrons. The van der Waals surface area contributed by atoms with Crippen molar-refractivity contribution in [2.75, 3.05) is 0 Å². The Balaban J connectivity index is 3.46. The van der Waals surface area contributed by atoms with Gasteiger partial charge < -0.3 is 5.11 Å². The average molecular weight is 282 g/mol. The summed E-state index contributed by atoms with van der Waals surface area (Å²) in [5.41, 5.74) is -0.191. The number of carboxylic acids is 1. The van der Waals surface area contributed by atoms with E-state index in [1.54, 1.807) is 13.0 Å². The number of ketones is 1. The van der Waals surface area contributed by atoms with E-state index in [0.29, 0.717) is 0 Å². The van der Waals surface area contributed by atoms with E-state index in [2.05, 4.69) is 15.9 Å². The third-order valence-corrected chi connectivity index (χ3v) is 2.44. The number of carbonyl (C=O) groups is 2. The molecule has 1 atom stereocenters. The molecule has 0 aliphatic rings. The van der Waals surface area contributed by atoms with E-state index in [1.165, 1.54) is 18.2 Å². The second-order valence-corrected chi connectivity index (χ2v) is 4.50. The number of aromatic carboxylic acids is 1. The van der Waals surface area contributed by atoms with E-state index in [1.807, 2.05) is 0 Å². The standard InChI is InChI=1S/C11H8BrNO3/c1-6(12)10(14)8-4-2-3-7(5-13)9(8)11(15)16/h2-4,6H,1H3,(H,15,16). The van der Waals surface area contributed by atoms with Gasteiger partial charge in [-0.15, -0.1) is 0 Å². The number of halogens is 1. The zero-order chi connectivity index (χ0) is 12.3. The minimum atomic E-state index is -1.27. The minimum Gasteiger partial charge on any atom is -0.478 e. The van der Waals surface area contributed by atoms with Crippen LogP contribution in [-0.4, -0.2) is 21.7 Å². The van der Waals surface area contributed by atoms with Crippen LogP contribution in [0.1, 0.15) is 33.2 Å². The summed E-state index contributed by atoms with van der Waals surface area (Å²) in [5, 5.41) is 17.8. The Bertz CT molecular complexity index is 488. The third kappa shape index (κ3) is 2.28. The molecule has 1 unspecified atom stereocenters. The van der Waals surface area contributed by atoms with Crippen molar-refractivity contribution < 1.29 is 14.7 Å². The molecule has 0 spiro atoms. The first kappa shape index (κ1) is 12.4. The highest BCUT2D eigenvalue weighted by Gasteiger charge is 2.22. The normalized spacial score (nSPS) is 11.6. The van der Waals surface area contributed by atoms with Crippen LogP contribution in [0.3, 0.4) is 0 Å². The van der Waals surface area contributed by atoms with Crippen molar-refractivity contribution in [3.8, 4) is 6.07 Å². The first-order chi connectivity index (χ1) is 7.49. The first-order valence-corrected chi connectivity index (χ1v) is 5.35. The molecule has 0 heterocycles. The smallest absolute Gasteiger partial charge is 0.337 e. The zero-order valence-electron chi connectivity index (χ0n) is 8.40. The summed E-state index contributed by atoms with van der Waals surface area (Å²) < 4.78 is 0. The van der Waals surface area contributed by atoms with Gasteiger partial charge in [0, 0.05) is 5.56 Å². The van der Waals surface area contributed by atoms with Crippen LogP contribution in [0.15, 0.2) is 18.2 Å². The number of hydrogen-bond donors (Lipinski definition) is 1. The molecule has 82 valence electrons. The van der Waals surface area contributed by atoms with Crippen LogP contribution < -0.4 is 0 Å². The van der Waals surface area contributed by atoms with Crippen LogP contribution >= 0.6 is 15.9 Å². The number of carboxylic acid groups (broad SMARTS) is 1. The lowest BCUT2D eigenvalue weighted by Crippen LogP contribution is -2.16. The van der Waals surface area contributed by atoms with Crippen LogP contribution in [0.2, 0.25) is 0 Å². The highest BCUT2D eigenvalue weighted by Crippen LogP contribution is 2.18. The number of nitrogens with zero attached hydrogens (tertiary/aromatic N) is 1. The van der Waals surface area contributed by atoms with Gasteiger partial charge in [0.15, 0.2) is 5.78 Å². The molecule has 0 bridgehead atoms. The van der Waals surface area contributed by atoms with Crippen molar-refractivity contribution in [1.82, 2.24) is 0 Å². The van der Waals surface area contributed by atoms with Gasteiger partial charge >= 0.3 is 5.97 Å². The van der Waals surface area contributed by atoms with E-state index >= 15 is 0 Å². The van der Waals surface area contributed by atoms with Crippen molar-refractivity contribution >= 4 is 27.7 Å². The largest absolute Gasteiger partial charge is 0.478 e. The van der Waals surface area contributed by atoms with Gasteiger partial charge in [0.25, 0.3) is 0 Å². The average Bonchev–Trinajstić information content (AvgIpc) is 2.26. The number of rotatable bonds is 3. The maximum Gasteiger partial charge on any atom is 0.337 e. The van der Waals surface area contributed by atoms with Gasteiger partial charge in [-0.2, -0.15) is 5.26 Å². The Morgan fingerprint density at radius 2 is 2.12 bits per heavy atom. The van der Waals surface area contributed by atoms with E-state index in [4.69, 9.17) is 10.4 Å². The van der Waals surface area contributed by atoms with Crippen LogP contribution in [-0.2, 0) is 0 Å². The lowest BCUT2D eigenvalue weighted by molar-refractivity contribution is 0.0691. The molecular formula is C11H8BrNO3. The summed E-state index contributed by atoms with van der Waals surface area (Å²) in [7, 11) is 0. The van der Waals surface area contributed by atoms with Gasteiger partial charge in [-0.3, -0.25) is 4.79 Å². The fourth-order valence-corrected chi connectivity index (χ4v) is 1.54. The number of carbonyl (C=O) groups excluding carboxylic acids is 1. The van der Waals surface area contributed by atoms with Gasteiger partial charge in [0.2, 0.25) is 0 Å². The van der Waals surface area contributed by atoms with Gasteiger partial charge in [-0.25, -0.2) is 4.79 Å². The van der Waals surface area contributed by atoms with Crippen LogP contribution in [0.5, 0.6) is 0 Å². The lowest BCUT2D eigenvalue weighted by atomic mass is 9.97. The van der Waals surface area contributed by atoms with E-state index < -0.39 is 10.8 Å². The molecule has 4 nitrogen and oxygen atoms in total. The quantitative estimate of drug-likeness (QED) is 0.681. The molecule has 1 aromatic carbocycles. The molecule has 5 heteroatoms. The maximum atomic E-state index is 11.7. The zero-order valence-corrected chi connectivity index (χ0v) is 9.98. The topological polar surface area (TPSA) is 78.2 Å². The summed E-state index contributed by atoms with van der Waals surface area (Å²) in [6.45, 7) is 1.60. The molecule has 1 aromatic rings. The second kappa shape index (κ2) is 4.90. The Hall–Kier alpha value is -1.67. The van der Waals surface area contributed by atoms with Crippen LogP contribution in [0.25, 0.3) is 0 Å². The van der Waals surface area contributed by atoms with Gasteiger partial charge in [-0.1, -0.05) is 28.1 Å². The molecule has 0 aromatic heterocycles. The maximum absolute atomic E-state index is 11.7. The predicted molar refractivity (Wildman–Crippen MR) is 60.8 cm³/mol. The minimum absolute atomic E-state index is 0.00787. The number of Topliss-reactive ketones (excluding diaryl/α,β-unsaturated/α-hetero) is 1. The molecule has 0 aliphatic heterocycles. The van der Waals surface area contributed by atoms with Crippen molar-refractivity contribution in [3.63, 3.8) is 0 Å². The molecule has 0 saturated heterocycles. The molecule has 16 heavy (non-hydrogen) atoms. The van der Waals surface area contributed by atoms with E-state index in [9.17, 15) is 9.59 Å². The molecular weight excluding hydrogens is 274 g/mol. The van der Waals surface area contributed by atoms with Crippen LogP contribution in [0.4, 0.5) is 0 Å². The fourth-order valence-electron chi connectivity index (χ4n) is 1.30.